The Balaban J connectivity index is 1.72. The van der Waals surface area contributed by atoms with Gasteiger partial charge < -0.3 is 0 Å². The zero-order valence-electron chi connectivity index (χ0n) is 10.8. The summed E-state index contributed by atoms with van der Waals surface area (Å²) in [7, 11) is 0. The second kappa shape index (κ2) is 5.34. The molecular formula is C15H17N3O. The number of rotatable bonds is 4. The van der Waals surface area contributed by atoms with Crippen LogP contribution in [0.5, 0.6) is 0 Å². The standard InChI is InChI=1S/C15H17N3O/c19-15(10-12-6-4-5-7-12)14-11-16-18(17-14)13-8-2-1-3-9-13/h1-3,8-9,11-12H,4-7,10H2. The molecule has 1 heterocycles. The topological polar surface area (TPSA) is 47.8 Å². The summed E-state index contributed by atoms with van der Waals surface area (Å²) in [6.07, 6.45) is 7.07. The highest BCUT2D eigenvalue weighted by molar-refractivity contribution is 5.94. The average Bonchev–Trinajstić information content (AvgIpc) is 3.10. The summed E-state index contributed by atoms with van der Waals surface area (Å²) in [6, 6.07) is 9.65. The van der Waals surface area contributed by atoms with Gasteiger partial charge in [0.05, 0.1) is 11.9 Å². The number of carbonyl (C=O) groups excluding carboxylic acids is 1. The van der Waals surface area contributed by atoms with Crippen molar-refractivity contribution >= 4 is 5.78 Å². The fourth-order valence-corrected chi connectivity index (χ4v) is 2.66. The smallest absolute Gasteiger partial charge is 0.185 e. The molecule has 1 aliphatic carbocycles. The van der Waals surface area contributed by atoms with Crippen LogP contribution in [0.15, 0.2) is 36.5 Å². The summed E-state index contributed by atoms with van der Waals surface area (Å²) in [6.45, 7) is 0. The maximum atomic E-state index is 12.1. The summed E-state index contributed by atoms with van der Waals surface area (Å²) >= 11 is 0. The number of hydrogen-bond acceptors (Lipinski definition) is 3. The lowest BCUT2D eigenvalue weighted by molar-refractivity contribution is 0.0957. The van der Waals surface area contributed by atoms with Gasteiger partial charge in [-0.1, -0.05) is 43.9 Å². The van der Waals surface area contributed by atoms with Gasteiger partial charge in [-0.3, -0.25) is 4.79 Å². The molecule has 19 heavy (non-hydrogen) atoms. The van der Waals surface area contributed by atoms with E-state index >= 15 is 0 Å². The lowest BCUT2D eigenvalue weighted by Gasteiger charge is -2.05. The van der Waals surface area contributed by atoms with Crippen LogP contribution in [-0.4, -0.2) is 20.8 Å². The van der Waals surface area contributed by atoms with E-state index in [1.807, 2.05) is 30.3 Å². The van der Waals surface area contributed by atoms with Crippen molar-refractivity contribution in [3.63, 3.8) is 0 Å². The fraction of sp³-hybridized carbons (Fsp3) is 0.400. The molecule has 0 N–H and O–H groups in total. The summed E-state index contributed by atoms with van der Waals surface area (Å²) in [5.41, 5.74) is 1.36. The molecule has 0 aliphatic heterocycles. The summed E-state index contributed by atoms with van der Waals surface area (Å²) in [4.78, 5) is 13.6. The number of carbonyl (C=O) groups is 1. The van der Waals surface area contributed by atoms with Crippen LogP contribution in [0.3, 0.4) is 0 Å². The minimum absolute atomic E-state index is 0.120. The van der Waals surface area contributed by atoms with E-state index < -0.39 is 0 Å². The van der Waals surface area contributed by atoms with Gasteiger partial charge in [0, 0.05) is 6.42 Å². The molecule has 98 valence electrons. The molecule has 0 radical (unpaired) electrons. The zero-order chi connectivity index (χ0) is 13.1. The van der Waals surface area contributed by atoms with Crippen LogP contribution in [0.4, 0.5) is 0 Å². The Bertz CT molecular complexity index is 556. The second-order valence-electron chi connectivity index (χ2n) is 5.13. The van der Waals surface area contributed by atoms with Crippen LogP contribution >= 0.6 is 0 Å². The second-order valence-corrected chi connectivity index (χ2v) is 5.13. The quantitative estimate of drug-likeness (QED) is 0.789. The van der Waals surface area contributed by atoms with Crippen LogP contribution < -0.4 is 0 Å². The van der Waals surface area contributed by atoms with E-state index in [4.69, 9.17) is 0 Å². The van der Waals surface area contributed by atoms with Gasteiger partial charge in [0.15, 0.2) is 5.78 Å². The van der Waals surface area contributed by atoms with Gasteiger partial charge >= 0.3 is 0 Å². The summed E-state index contributed by atoms with van der Waals surface area (Å²) in [5.74, 6) is 0.670. The molecule has 2 aromatic rings. The first kappa shape index (κ1) is 12.1. The van der Waals surface area contributed by atoms with Crippen molar-refractivity contribution in [1.29, 1.82) is 0 Å². The number of para-hydroxylation sites is 1. The average molecular weight is 255 g/mol. The van der Waals surface area contributed by atoms with Crippen molar-refractivity contribution < 1.29 is 4.79 Å². The van der Waals surface area contributed by atoms with Crippen LogP contribution in [0, 0.1) is 5.92 Å². The number of benzene rings is 1. The van der Waals surface area contributed by atoms with Gasteiger partial charge in [0.2, 0.25) is 0 Å². The Morgan fingerprint density at radius 3 is 2.68 bits per heavy atom. The van der Waals surface area contributed by atoms with Gasteiger partial charge in [0.25, 0.3) is 0 Å². The fourth-order valence-electron chi connectivity index (χ4n) is 2.66. The van der Waals surface area contributed by atoms with Crippen molar-refractivity contribution in [2.75, 3.05) is 0 Å². The molecule has 4 nitrogen and oxygen atoms in total. The molecule has 1 aliphatic rings. The van der Waals surface area contributed by atoms with Gasteiger partial charge in [-0.05, 0) is 18.1 Å². The van der Waals surface area contributed by atoms with E-state index in [9.17, 15) is 4.79 Å². The molecule has 1 aromatic carbocycles. The van der Waals surface area contributed by atoms with Crippen LogP contribution in [0.25, 0.3) is 5.69 Å². The predicted octanol–water partition coefficient (Wildman–Crippen LogP) is 3.03. The molecule has 1 aromatic heterocycles. The third kappa shape index (κ3) is 2.72. The van der Waals surface area contributed by atoms with Gasteiger partial charge in [-0.15, -0.1) is 5.10 Å². The highest BCUT2D eigenvalue weighted by Crippen LogP contribution is 2.28. The molecule has 0 atom stereocenters. The van der Waals surface area contributed by atoms with Gasteiger partial charge in [-0.25, -0.2) is 0 Å². The molecule has 0 spiro atoms. The van der Waals surface area contributed by atoms with Gasteiger partial charge in [0.1, 0.15) is 5.69 Å². The molecular weight excluding hydrogens is 238 g/mol. The number of Topliss-reactive ketones (excluding diaryl/α,β-unsaturated/α-hetero) is 1. The lowest BCUT2D eigenvalue weighted by atomic mass is 10.00. The van der Waals surface area contributed by atoms with E-state index in [0.717, 1.165) is 5.69 Å². The van der Waals surface area contributed by atoms with E-state index in [2.05, 4.69) is 10.2 Å². The highest BCUT2D eigenvalue weighted by Gasteiger charge is 2.21. The number of aromatic nitrogens is 3. The molecule has 0 saturated heterocycles. The Kier molecular flexibility index (Phi) is 3.40. The third-order valence-corrected chi connectivity index (χ3v) is 3.71. The first-order chi connectivity index (χ1) is 9.33. The largest absolute Gasteiger partial charge is 0.292 e. The molecule has 4 heteroatoms. The highest BCUT2D eigenvalue weighted by atomic mass is 16.1. The Morgan fingerprint density at radius 1 is 1.21 bits per heavy atom. The van der Waals surface area contributed by atoms with Gasteiger partial charge in [-0.2, -0.15) is 9.90 Å². The normalized spacial score (nSPS) is 15.8. The van der Waals surface area contributed by atoms with Crippen molar-refractivity contribution in [1.82, 2.24) is 15.0 Å². The minimum atomic E-state index is 0.120. The minimum Gasteiger partial charge on any atom is -0.292 e. The first-order valence-electron chi connectivity index (χ1n) is 6.84. The molecule has 0 amide bonds. The SMILES string of the molecule is O=C(CC1CCCC1)c1cnn(-c2ccccc2)n1. The number of hydrogen-bond donors (Lipinski definition) is 0. The van der Waals surface area contributed by atoms with Crippen molar-refractivity contribution in [3.05, 3.63) is 42.2 Å². The van der Waals surface area contributed by atoms with E-state index in [0.29, 0.717) is 18.0 Å². The first-order valence-corrected chi connectivity index (χ1v) is 6.84. The molecule has 1 saturated carbocycles. The molecule has 1 fully saturated rings. The lowest BCUT2D eigenvalue weighted by Crippen LogP contribution is -2.07. The van der Waals surface area contributed by atoms with Crippen molar-refractivity contribution in [2.45, 2.75) is 32.1 Å². The number of ketones is 1. The predicted molar refractivity (Wildman–Crippen MR) is 72.3 cm³/mol. The monoisotopic (exact) mass is 255 g/mol. The van der Waals surface area contributed by atoms with Crippen molar-refractivity contribution in [3.8, 4) is 5.69 Å². The van der Waals surface area contributed by atoms with E-state index in [1.165, 1.54) is 30.5 Å². The maximum Gasteiger partial charge on any atom is 0.185 e. The molecule has 0 bridgehead atoms. The number of nitrogens with zero attached hydrogens (tertiary/aromatic N) is 3. The summed E-state index contributed by atoms with van der Waals surface area (Å²) < 4.78 is 0. The maximum absolute atomic E-state index is 12.1. The Morgan fingerprint density at radius 2 is 1.95 bits per heavy atom. The molecule has 3 rings (SSSR count). The Labute approximate surface area is 112 Å². The molecule has 0 unspecified atom stereocenters. The zero-order valence-corrected chi connectivity index (χ0v) is 10.8. The van der Waals surface area contributed by atoms with Crippen LogP contribution in [0.1, 0.15) is 42.6 Å². The van der Waals surface area contributed by atoms with Crippen LogP contribution in [0.2, 0.25) is 0 Å². The summed E-state index contributed by atoms with van der Waals surface area (Å²) in [5, 5.41) is 8.45. The third-order valence-electron chi connectivity index (χ3n) is 3.71. The Hall–Kier alpha value is -1.97. The van der Waals surface area contributed by atoms with Crippen LogP contribution in [-0.2, 0) is 0 Å². The van der Waals surface area contributed by atoms with E-state index in [-0.39, 0.29) is 5.78 Å². The van der Waals surface area contributed by atoms with E-state index in [1.54, 1.807) is 6.20 Å². The van der Waals surface area contributed by atoms with Crippen molar-refractivity contribution in [2.24, 2.45) is 5.92 Å².